The van der Waals surface area contributed by atoms with Gasteiger partial charge in [0.05, 0.1) is 17.2 Å². The van der Waals surface area contributed by atoms with Gasteiger partial charge in [-0.3, -0.25) is 4.98 Å². The first-order valence-electron chi connectivity index (χ1n) is 9.22. The van der Waals surface area contributed by atoms with E-state index in [0.717, 1.165) is 17.3 Å². The van der Waals surface area contributed by atoms with Crippen LogP contribution in [0.5, 0.6) is 0 Å². The largest absolute Gasteiger partial charge is 0.336 e. The number of nitrogens with one attached hydrogen (secondary N) is 2. The second-order valence-electron chi connectivity index (χ2n) is 6.79. The second kappa shape index (κ2) is 8.64. The van der Waals surface area contributed by atoms with Gasteiger partial charge in [0, 0.05) is 18.1 Å². The summed E-state index contributed by atoms with van der Waals surface area (Å²) in [5, 5.41) is 6.90. The van der Waals surface area contributed by atoms with Crippen molar-refractivity contribution >= 4 is 22.6 Å². The molecule has 0 aliphatic rings. The first kappa shape index (κ1) is 18.9. The van der Waals surface area contributed by atoms with Crippen LogP contribution in [0.15, 0.2) is 60.8 Å². The first-order valence-corrected chi connectivity index (χ1v) is 9.22. The summed E-state index contributed by atoms with van der Waals surface area (Å²) in [6.45, 7) is 2.66. The average Bonchev–Trinajstić information content (AvgIpc) is 2.68. The molecule has 1 unspecified atom stereocenters. The van der Waals surface area contributed by atoms with Crippen LogP contribution in [-0.2, 0) is 6.42 Å². The Balaban J connectivity index is 1.67. The minimum absolute atomic E-state index is 0.104. The summed E-state index contributed by atoms with van der Waals surface area (Å²) in [5.74, 6) is 0. The summed E-state index contributed by atoms with van der Waals surface area (Å²) in [5.41, 5.74) is 3.99. The molecule has 0 radical (unpaired) electrons. The fourth-order valence-corrected chi connectivity index (χ4v) is 3.14. The van der Waals surface area contributed by atoms with E-state index in [1.807, 2.05) is 44.4 Å². The van der Waals surface area contributed by atoms with Gasteiger partial charge in [0.25, 0.3) is 0 Å². The number of hydrogen-bond acceptors (Lipinski definition) is 3. The lowest BCUT2D eigenvalue weighted by Gasteiger charge is -2.25. The minimum atomic E-state index is -0.231. The minimum Gasteiger partial charge on any atom is -0.336 e. The number of aromatic nitrogens is 1. The van der Waals surface area contributed by atoms with Gasteiger partial charge < -0.3 is 15.5 Å². The van der Waals surface area contributed by atoms with E-state index in [2.05, 4.69) is 51.7 Å². The summed E-state index contributed by atoms with van der Waals surface area (Å²) < 4.78 is 0. The quantitative estimate of drug-likeness (QED) is 0.690. The Labute approximate surface area is 160 Å². The maximum absolute atomic E-state index is 12.4. The number of amides is 2. The maximum atomic E-state index is 12.4. The van der Waals surface area contributed by atoms with Crippen LogP contribution in [0.1, 0.15) is 24.1 Å². The molecule has 0 saturated heterocycles. The van der Waals surface area contributed by atoms with Crippen LogP contribution in [0.3, 0.4) is 0 Å². The fourth-order valence-electron chi connectivity index (χ4n) is 3.14. The molecule has 3 rings (SSSR count). The molecule has 0 aliphatic carbocycles. The summed E-state index contributed by atoms with van der Waals surface area (Å²) in [6, 6.07) is 18.1. The Morgan fingerprint density at radius 1 is 1.07 bits per heavy atom. The monoisotopic (exact) mass is 362 g/mol. The van der Waals surface area contributed by atoms with Crippen LogP contribution in [0, 0.1) is 0 Å². The molecule has 140 valence electrons. The van der Waals surface area contributed by atoms with E-state index in [9.17, 15) is 4.79 Å². The van der Waals surface area contributed by atoms with E-state index in [1.165, 1.54) is 11.1 Å². The van der Waals surface area contributed by atoms with Gasteiger partial charge in [-0.1, -0.05) is 49.4 Å². The number of carbonyl (C=O) groups excluding carboxylic acids is 1. The number of nitrogens with zero attached hydrogens (tertiary/aromatic N) is 2. The topological polar surface area (TPSA) is 57.3 Å². The molecule has 1 heterocycles. The molecule has 5 nitrogen and oxygen atoms in total. The Hall–Kier alpha value is -2.92. The molecule has 3 aromatic rings. The molecular weight excluding hydrogens is 336 g/mol. The number of pyridine rings is 1. The standard InChI is InChI=1S/C22H26N4O/c1-4-16-10-12-17(13-11-16)20(26(2)3)15-24-22(27)25-19-9-5-7-18-8-6-14-23-21(18)19/h5-14,20H,4,15H2,1-3H3,(H2,24,25,27). The second-order valence-corrected chi connectivity index (χ2v) is 6.79. The normalized spacial score (nSPS) is 12.1. The third-order valence-corrected chi connectivity index (χ3v) is 4.73. The van der Waals surface area contributed by atoms with E-state index in [0.29, 0.717) is 12.2 Å². The molecule has 27 heavy (non-hydrogen) atoms. The van der Waals surface area contributed by atoms with Gasteiger partial charge in [0.15, 0.2) is 0 Å². The number of aryl methyl sites for hydroxylation is 1. The molecule has 0 bridgehead atoms. The number of fused-ring (bicyclic) bond motifs is 1. The highest BCUT2D eigenvalue weighted by Gasteiger charge is 2.15. The number of anilines is 1. The van der Waals surface area contributed by atoms with Crippen LogP contribution < -0.4 is 10.6 Å². The summed E-state index contributed by atoms with van der Waals surface area (Å²) in [7, 11) is 4.04. The van der Waals surface area contributed by atoms with Crippen LogP contribution in [-0.4, -0.2) is 36.6 Å². The number of para-hydroxylation sites is 1. The number of likely N-dealkylation sites (N-methyl/N-ethyl adjacent to an activating group) is 1. The maximum Gasteiger partial charge on any atom is 0.319 e. The molecule has 0 aliphatic heterocycles. The van der Waals surface area contributed by atoms with Gasteiger partial charge in [-0.15, -0.1) is 0 Å². The van der Waals surface area contributed by atoms with Crippen molar-refractivity contribution in [3.63, 3.8) is 0 Å². The molecule has 2 amide bonds. The Morgan fingerprint density at radius 3 is 2.52 bits per heavy atom. The van der Waals surface area contributed by atoms with Gasteiger partial charge in [-0.2, -0.15) is 0 Å². The number of urea groups is 1. The summed E-state index contributed by atoms with van der Waals surface area (Å²) in [6.07, 6.45) is 2.75. The SMILES string of the molecule is CCc1ccc(C(CNC(=O)Nc2cccc3cccnc23)N(C)C)cc1. The van der Waals surface area contributed by atoms with Gasteiger partial charge >= 0.3 is 6.03 Å². The highest BCUT2D eigenvalue weighted by atomic mass is 16.2. The fraction of sp³-hybridized carbons (Fsp3) is 0.273. The van der Waals surface area contributed by atoms with Crippen molar-refractivity contribution in [3.05, 3.63) is 71.9 Å². The molecule has 0 spiro atoms. The molecule has 2 aromatic carbocycles. The van der Waals surface area contributed by atoms with E-state index >= 15 is 0 Å². The van der Waals surface area contributed by atoms with Crippen molar-refractivity contribution in [2.75, 3.05) is 26.0 Å². The number of carbonyl (C=O) groups is 1. The van der Waals surface area contributed by atoms with Gasteiger partial charge in [0.1, 0.15) is 0 Å². The molecule has 1 aromatic heterocycles. The van der Waals surface area contributed by atoms with E-state index in [-0.39, 0.29) is 12.1 Å². The van der Waals surface area contributed by atoms with Crippen LogP contribution in [0.4, 0.5) is 10.5 Å². The van der Waals surface area contributed by atoms with Crippen molar-refractivity contribution in [3.8, 4) is 0 Å². The van der Waals surface area contributed by atoms with Gasteiger partial charge in [-0.05, 0) is 43.8 Å². The Morgan fingerprint density at radius 2 is 1.81 bits per heavy atom. The lowest BCUT2D eigenvalue weighted by Crippen LogP contribution is -2.37. The van der Waals surface area contributed by atoms with Gasteiger partial charge in [-0.25, -0.2) is 4.79 Å². The van der Waals surface area contributed by atoms with Crippen molar-refractivity contribution in [1.29, 1.82) is 0 Å². The number of rotatable bonds is 6. The third kappa shape index (κ3) is 4.63. The van der Waals surface area contributed by atoms with Crippen molar-refractivity contribution in [1.82, 2.24) is 15.2 Å². The molecule has 2 N–H and O–H groups in total. The smallest absolute Gasteiger partial charge is 0.319 e. The highest BCUT2D eigenvalue weighted by Crippen LogP contribution is 2.21. The van der Waals surface area contributed by atoms with Crippen molar-refractivity contribution < 1.29 is 4.79 Å². The first-order chi connectivity index (χ1) is 13.1. The lowest BCUT2D eigenvalue weighted by atomic mass is 10.0. The van der Waals surface area contributed by atoms with Crippen LogP contribution >= 0.6 is 0 Å². The third-order valence-electron chi connectivity index (χ3n) is 4.73. The number of benzene rings is 2. The zero-order chi connectivity index (χ0) is 19.2. The molecule has 1 atom stereocenters. The van der Waals surface area contributed by atoms with Gasteiger partial charge in [0.2, 0.25) is 0 Å². The zero-order valence-electron chi connectivity index (χ0n) is 16.1. The van der Waals surface area contributed by atoms with Crippen molar-refractivity contribution in [2.24, 2.45) is 0 Å². The predicted octanol–water partition coefficient (Wildman–Crippen LogP) is 4.22. The molecular formula is C22H26N4O. The lowest BCUT2D eigenvalue weighted by molar-refractivity contribution is 0.243. The van der Waals surface area contributed by atoms with E-state index in [4.69, 9.17) is 0 Å². The molecule has 0 saturated carbocycles. The number of hydrogen-bond donors (Lipinski definition) is 2. The molecule has 5 heteroatoms. The predicted molar refractivity (Wildman–Crippen MR) is 111 cm³/mol. The zero-order valence-corrected chi connectivity index (χ0v) is 16.1. The Bertz CT molecular complexity index is 900. The van der Waals surface area contributed by atoms with Crippen LogP contribution in [0.25, 0.3) is 10.9 Å². The highest BCUT2D eigenvalue weighted by molar-refractivity contribution is 5.99. The average molecular weight is 362 g/mol. The molecule has 0 fully saturated rings. The summed E-state index contributed by atoms with van der Waals surface area (Å²) >= 11 is 0. The Kier molecular flexibility index (Phi) is 6.04. The van der Waals surface area contributed by atoms with Crippen LogP contribution in [0.2, 0.25) is 0 Å². The van der Waals surface area contributed by atoms with E-state index < -0.39 is 0 Å². The summed E-state index contributed by atoms with van der Waals surface area (Å²) in [4.78, 5) is 18.9. The van der Waals surface area contributed by atoms with E-state index in [1.54, 1.807) is 6.20 Å². The van der Waals surface area contributed by atoms with Crippen molar-refractivity contribution in [2.45, 2.75) is 19.4 Å².